The summed E-state index contributed by atoms with van der Waals surface area (Å²) < 4.78 is 68.5. The molecule has 20 heavy (non-hydrogen) atoms. The Morgan fingerprint density at radius 2 is 1.10 bits per heavy atom. The molecule has 1 aliphatic heterocycles. The first-order valence-corrected chi connectivity index (χ1v) is 4.77. The Morgan fingerprint density at radius 1 is 0.850 bits per heavy atom. The molecule has 0 bridgehead atoms. The van der Waals surface area contributed by atoms with Gasteiger partial charge in [0.25, 0.3) is 0 Å². The maximum atomic E-state index is 10.6. The fourth-order valence-electron chi connectivity index (χ4n) is 0.516. The van der Waals surface area contributed by atoms with E-state index in [4.69, 9.17) is 24.5 Å². The van der Waals surface area contributed by atoms with Crippen molar-refractivity contribution in [1.82, 2.24) is 5.32 Å². The Balaban J connectivity index is 0. The molecular weight excluding hydrogens is 304 g/mol. The summed E-state index contributed by atoms with van der Waals surface area (Å²) in [7, 11) is 0. The number of alkyl halides is 6. The predicted molar refractivity (Wildman–Crippen MR) is 51.1 cm³/mol. The Labute approximate surface area is 108 Å². The SMILES string of the molecule is C1COCCN1.O=C(O)C(F)(F)F.O=C(O)C(F)(F)F. The van der Waals surface area contributed by atoms with Crippen LogP contribution in [0.25, 0.3) is 0 Å². The number of morpholine rings is 1. The number of nitrogens with one attached hydrogen (secondary N) is 1. The van der Waals surface area contributed by atoms with Crippen molar-refractivity contribution in [3.05, 3.63) is 0 Å². The summed E-state index contributed by atoms with van der Waals surface area (Å²) in [6.07, 6.45) is -10.2. The van der Waals surface area contributed by atoms with Crippen LogP contribution in [0.1, 0.15) is 0 Å². The molecule has 1 rings (SSSR count). The van der Waals surface area contributed by atoms with Crippen LogP contribution in [-0.4, -0.2) is 60.8 Å². The lowest BCUT2D eigenvalue weighted by molar-refractivity contribution is -0.193. The van der Waals surface area contributed by atoms with Crippen LogP contribution >= 0.6 is 0 Å². The summed E-state index contributed by atoms with van der Waals surface area (Å²) in [4.78, 5) is 17.8. The van der Waals surface area contributed by atoms with E-state index in [2.05, 4.69) is 5.32 Å². The molecule has 0 radical (unpaired) electrons. The molecule has 0 amide bonds. The van der Waals surface area contributed by atoms with Crippen molar-refractivity contribution >= 4 is 11.9 Å². The second-order valence-corrected chi connectivity index (χ2v) is 2.97. The summed E-state index contributed by atoms with van der Waals surface area (Å²) in [5.41, 5.74) is 0. The average molecular weight is 315 g/mol. The molecular formula is C8H11F6NO5. The van der Waals surface area contributed by atoms with Crippen LogP contribution < -0.4 is 5.32 Å². The second-order valence-electron chi connectivity index (χ2n) is 2.97. The van der Waals surface area contributed by atoms with Crippen LogP contribution in [0.3, 0.4) is 0 Å². The third-order valence-corrected chi connectivity index (χ3v) is 1.33. The van der Waals surface area contributed by atoms with Crippen LogP contribution in [0.15, 0.2) is 0 Å². The molecule has 6 nitrogen and oxygen atoms in total. The minimum Gasteiger partial charge on any atom is -0.475 e. The number of carboxylic acids is 2. The van der Waals surface area contributed by atoms with Crippen LogP contribution in [0.5, 0.6) is 0 Å². The fraction of sp³-hybridized carbons (Fsp3) is 0.750. The number of hydrogen-bond donors (Lipinski definition) is 3. The average Bonchev–Trinajstić information content (AvgIpc) is 2.30. The Kier molecular flexibility index (Phi) is 9.71. The first kappa shape index (κ1) is 20.8. The van der Waals surface area contributed by atoms with Gasteiger partial charge in [-0.1, -0.05) is 0 Å². The van der Waals surface area contributed by atoms with Gasteiger partial charge in [-0.2, -0.15) is 26.3 Å². The van der Waals surface area contributed by atoms with E-state index in [-0.39, 0.29) is 0 Å². The molecule has 0 aliphatic carbocycles. The van der Waals surface area contributed by atoms with Crippen LogP contribution in [0.4, 0.5) is 26.3 Å². The van der Waals surface area contributed by atoms with Gasteiger partial charge in [-0.25, -0.2) is 9.59 Å². The van der Waals surface area contributed by atoms with E-state index < -0.39 is 24.3 Å². The number of halogens is 6. The highest BCUT2D eigenvalue weighted by molar-refractivity contribution is 5.73. The minimum atomic E-state index is -5.08. The van der Waals surface area contributed by atoms with E-state index in [1.807, 2.05) is 0 Å². The minimum absolute atomic E-state index is 0.889. The van der Waals surface area contributed by atoms with Gasteiger partial charge in [-0.15, -0.1) is 0 Å². The Bertz CT molecular complexity index is 263. The highest BCUT2D eigenvalue weighted by Gasteiger charge is 2.38. The molecule has 12 heteroatoms. The summed E-state index contributed by atoms with van der Waals surface area (Å²) in [6, 6.07) is 0. The molecule has 0 atom stereocenters. The normalized spacial score (nSPS) is 15.1. The largest absolute Gasteiger partial charge is 0.490 e. The molecule has 0 aromatic carbocycles. The zero-order chi connectivity index (χ0) is 16.4. The van der Waals surface area contributed by atoms with E-state index in [0.29, 0.717) is 0 Å². The molecule has 0 saturated carbocycles. The summed E-state index contributed by atoms with van der Waals surface area (Å²) in [5, 5.41) is 17.4. The zero-order valence-corrected chi connectivity index (χ0v) is 9.72. The van der Waals surface area contributed by atoms with Gasteiger partial charge in [0.05, 0.1) is 13.2 Å². The topological polar surface area (TPSA) is 95.9 Å². The molecule has 1 fully saturated rings. The summed E-state index contributed by atoms with van der Waals surface area (Å²) in [6.45, 7) is 3.83. The molecule has 120 valence electrons. The summed E-state index contributed by atoms with van der Waals surface area (Å²) >= 11 is 0. The van der Waals surface area contributed by atoms with E-state index in [9.17, 15) is 26.3 Å². The lowest BCUT2D eigenvalue weighted by atomic mass is 10.5. The van der Waals surface area contributed by atoms with E-state index in [1.165, 1.54) is 0 Å². The first-order chi connectivity index (χ1) is 8.89. The molecule has 0 unspecified atom stereocenters. The van der Waals surface area contributed by atoms with E-state index >= 15 is 0 Å². The van der Waals surface area contributed by atoms with Crippen LogP contribution in [0.2, 0.25) is 0 Å². The molecule has 0 aromatic rings. The Hall–Kier alpha value is -1.56. The zero-order valence-electron chi connectivity index (χ0n) is 9.72. The van der Waals surface area contributed by atoms with Gasteiger partial charge < -0.3 is 20.3 Å². The van der Waals surface area contributed by atoms with Gasteiger partial charge in [-0.05, 0) is 0 Å². The molecule has 3 N–H and O–H groups in total. The van der Waals surface area contributed by atoms with Gasteiger partial charge in [0, 0.05) is 13.1 Å². The third-order valence-electron chi connectivity index (χ3n) is 1.33. The van der Waals surface area contributed by atoms with Crippen molar-refractivity contribution in [3.8, 4) is 0 Å². The van der Waals surface area contributed by atoms with E-state index in [1.54, 1.807) is 0 Å². The fourth-order valence-corrected chi connectivity index (χ4v) is 0.516. The maximum Gasteiger partial charge on any atom is 0.490 e. The quantitative estimate of drug-likeness (QED) is 0.574. The van der Waals surface area contributed by atoms with Crippen molar-refractivity contribution in [1.29, 1.82) is 0 Å². The number of hydrogen-bond acceptors (Lipinski definition) is 4. The van der Waals surface area contributed by atoms with Gasteiger partial charge in [0.15, 0.2) is 0 Å². The number of rotatable bonds is 0. The lowest BCUT2D eigenvalue weighted by Gasteiger charge is -2.10. The monoisotopic (exact) mass is 315 g/mol. The lowest BCUT2D eigenvalue weighted by Crippen LogP contribution is -2.30. The highest BCUT2D eigenvalue weighted by Crippen LogP contribution is 2.13. The second kappa shape index (κ2) is 9.36. The number of carboxylic acid groups (broad SMARTS) is 2. The van der Waals surface area contributed by atoms with Crippen molar-refractivity contribution in [3.63, 3.8) is 0 Å². The standard InChI is InChI=1S/C4H9NO.2C2HF3O2/c1-3-6-4-2-5-1;2*3-2(4,5)1(6)7/h5H,1-4H2;2*(H,6,7). The summed E-state index contributed by atoms with van der Waals surface area (Å²) in [5.74, 6) is -5.51. The molecule has 0 aromatic heterocycles. The van der Waals surface area contributed by atoms with Gasteiger partial charge in [0.1, 0.15) is 0 Å². The van der Waals surface area contributed by atoms with Crippen molar-refractivity contribution < 1.29 is 50.9 Å². The first-order valence-electron chi connectivity index (χ1n) is 4.77. The van der Waals surface area contributed by atoms with Crippen LogP contribution in [0, 0.1) is 0 Å². The molecule has 1 aliphatic rings. The highest BCUT2D eigenvalue weighted by atomic mass is 19.4. The van der Waals surface area contributed by atoms with E-state index in [0.717, 1.165) is 26.3 Å². The molecule has 1 saturated heterocycles. The maximum absolute atomic E-state index is 10.6. The number of ether oxygens (including phenoxy) is 1. The van der Waals surface area contributed by atoms with Gasteiger partial charge in [-0.3, -0.25) is 0 Å². The molecule has 1 heterocycles. The van der Waals surface area contributed by atoms with Crippen molar-refractivity contribution in [2.45, 2.75) is 12.4 Å². The number of carbonyl (C=O) groups is 2. The third kappa shape index (κ3) is 14.5. The van der Waals surface area contributed by atoms with Crippen LogP contribution in [-0.2, 0) is 14.3 Å². The van der Waals surface area contributed by atoms with Crippen molar-refractivity contribution in [2.24, 2.45) is 0 Å². The smallest absolute Gasteiger partial charge is 0.475 e. The Morgan fingerprint density at radius 3 is 1.15 bits per heavy atom. The van der Waals surface area contributed by atoms with Gasteiger partial charge >= 0.3 is 24.3 Å². The van der Waals surface area contributed by atoms with Gasteiger partial charge in [0.2, 0.25) is 0 Å². The van der Waals surface area contributed by atoms with Crippen molar-refractivity contribution in [2.75, 3.05) is 26.3 Å². The number of aliphatic carboxylic acids is 2. The predicted octanol–water partition coefficient (Wildman–Crippen LogP) is 0.873. The molecule has 0 spiro atoms.